The van der Waals surface area contributed by atoms with E-state index in [0.29, 0.717) is 22.7 Å². The van der Waals surface area contributed by atoms with Crippen LogP contribution in [0.25, 0.3) is 0 Å². The molecule has 2 atom stereocenters. The van der Waals surface area contributed by atoms with Gasteiger partial charge in [0.2, 0.25) is 5.91 Å². The Morgan fingerprint density at radius 1 is 1.21 bits per heavy atom. The van der Waals surface area contributed by atoms with Crippen molar-refractivity contribution in [3.63, 3.8) is 0 Å². The number of nitrogen functional groups attached to an aromatic ring is 2. The highest BCUT2D eigenvalue weighted by molar-refractivity contribution is 8.00. The average molecular weight is 345 g/mol. The van der Waals surface area contributed by atoms with Gasteiger partial charge in [-0.15, -0.1) is 0 Å². The largest absolute Gasteiger partial charge is 0.383 e. The van der Waals surface area contributed by atoms with E-state index in [1.54, 1.807) is 6.92 Å². The molecule has 2 unspecified atom stereocenters. The molecule has 0 radical (unpaired) electrons. The molecule has 0 bridgehead atoms. The minimum absolute atomic E-state index is 0.111. The SMILES string of the molecule is CCC(C)c1ccccc1NC(=O)C(C)Sc1nc(N)cc(N)n1. The zero-order valence-corrected chi connectivity index (χ0v) is 14.9. The van der Waals surface area contributed by atoms with Crippen molar-refractivity contribution in [3.05, 3.63) is 35.9 Å². The fourth-order valence-corrected chi connectivity index (χ4v) is 3.02. The van der Waals surface area contributed by atoms with E-state index >= 15 is 0 Å². The van der Waals surface area contributed by atoms with E-state index in [1.165, 1.54) is 17.8 Å². The van der Waals surface area contributed by atoms with Gasteiger partial charge in [-0.3, -0.25) is 4.79 Å². The van der Waals surface area contributed by atoms with Crippen LogP contribution in [0, 0.1) is 0 Å². The van der Waals surface area contributed by atoms with Gasteiger partial charge < -0.3 is 16.8 Å². The molecule has 2 rings (SSSR count). The average Bonchev–Trinajstić information content (AvgIpc) is 2.53. The van der Waals surface area contributed by atoms with Crippen molar-refractivity contribution in [2.75, 3.05) is 16.8 Å². The van der Waals surface area contributed by atoms with Gasteiger partial charge in [0.25, 0.3) is 0 Å². The highest BCUT2D eigenvalue weighted by Gasteiger charge is 2.18. The number of amides is 1. The molecule has 0 fully saturated rings. The Morgan fingerprint density at radius 2 is 1.83 bits per heavy atom. The molecule has 1 heterocycles. The van der Waals surface area contributed by atoms with Crippen molar-refractivity contribution in [2.45, 2.75) is 43.5 Å². The molecule has 1 aromatic carbocycles. The summed E-state index contributed by atoms with van der Waals surface area (Å²) in [5, 5.41) is 3.01. The van der Waals surface area contributed by atoms with Crippen molar-refractivity contribution < 1.29 is 4.79 Å². The smallest absolute Gasteiger partial charge is 0.237 e. The van der Waals surface area contributed by atoms with Crippen LogP contribution in [-0.2, 0) is 4.79 Å². The Balaban J connectivity index is 2.09. The second-order valence-corrected chi connectivity index (χ2v) is 6.95. The second-order valence-electron chi connectivity index (χ2n) is 5.65. The number of carbonyl (C=O) groups excluding carboxylic acids is 1. The molecule has 0 saturated heterocycles. The number of thioether (sulfide) groups is 1. The normalized spacial score (nSPS) is 13.3. The molecule has 7 heteroatoms. The highest BCUT2D eigenvalue weighted by atomic mass is 32.2. The van der Waals surface area contributed by atoms with Crippen molar-refractivity contribution >= 4 is 35.0 Å². The molecule has 0 aliphatic rings. The molecular formula is C17H23N5OS. The highest BCUT2D eigenvalue weighted by Crippen LogP contribution is 2.28. The molecule has 0 spiro atoms. The number of anilines is 3. The van der Waals surface area contributed by atoms with Gasteiger partial charge in [0.1, 0.15) is 11.6 Å². The van der Waals surface area contributed by atoms with Crippen LogP contribution >= 0.6 is 11.8 Å². The Bertz CT molecular complexity index is 702. The summed E-state index contributed by atoms with van der Waals surface area (Å²) >= 11 is 1.23. The number of hydrogen-bond donors (Lipinski definition) is 3. The van der Waals surface area contributed by atoms with E-state index in [-0.39, 0.29) is 11.2 Å². The number of nitrogens with one attached hydrogen (secondary N) is 1. The lowest BCUT2D eigenvalue weighted by molar-refractivity contribution is -0.115. The first-order valence-corrected chi connectivity index (χ1v) is 8.75. The van der Waals surface area contributed by atoms with Crippen molar-refractivity contribution in [1.29, 1.82) is 0 Å². The Kier molecular flexibility index (Phi) is 6.03. The van der Waals surface area contributed by atoms with Gasteiger partial charge in [0, 0.05) is 11.8 Å². The third-order valence-corrected chi connectivity index (χ3v) is 4.72. The van der Waals surface area contributed by atoms with Gasteiger partial charge in [0.05, 0.1) is 5.25 Å². The molecule has 24 heavy (non-hydrogen) atoms. The van der Waals surface area contributed by atoms with Crippen LogP contribution < -0.4 is 16.8 Å². The number of carbonyl (C=O) groups is 1. The maximum atomic E-state index is 12.5. The minimum Gasteiger partial charge on any atom is -0.383 e. The summed E-state index contributed by atoms with van der Waals surface area (Å²) in [5.41, 5.74) is 13.3. The van der Waals surface area contributed by atoms with Gasteiger partial charge in [-0.05, 0) is 30.9 Å². The molecule has 128 valence electrons. The van der Waals surface area contributed by atoms with Gasteiger partial charge in [0.15, 0.2) is 5.16 Å². The third-order valence-electron chi connectivity index (χ3n) is 3.76. The number of nitrogens with zero attached hydrogens (tertiary/aromatic N) is 2. The molecule has 0 aliphatic heterocycles. The van der Waals surface area contributed by atoms with Crippen LogP contribution in [0.2, 0.25) is 0 Å². The zero-order valence-electron chi connectivity index (χ0n) is 14.1. The van der Waals surface area contributed by atoms with Gasteiger partial charge in [-0.2, -0.15) is 0 Å². The molecular weight excluding hydrogens is 322 g/mol. The van der Waals surface area contributed by atoms with E-state index < -0.39 is 0 Å². The number of benzene rings is 1. The standard InChI is InChI=1S/C17H23N5OS/c1-4-10(2)12-7-5-6-8-13(12)20-16(23)11(3)24-17-21-14(18)9-15(19)22-17/h5-11H,4H2,1-3H3,(H,20,23)(H4,18,19,21,22). The van der Waals surface area contributed by atoms with Crippen LogP contribution in [0.3, 0.4) is 0 Å². The van der Waals surface area contributed by atoms with E-state index in [9.17, 15) is 4.79 Å². The Labute approximate surface area is 146 Å². The summed E-state index contributed by atoms with van der Waals surface area (Å²) in [6, 6.07) is 9.35. The summed E-state index contributed by atoms with van der Waals surface area (Å²) in [4.78, 5) is 20.7. The van der Waals surface area contributed by atoms with Crippen LogP contribution in [0.4, 0.5) is 17.3 Å². The van der Waals surface area contributed by atoms with E-state index in [4.69, 9.17) is 11.5 Å². The second kappa shape index (κ2) is 8.01. The molecule has 6 nitrogen and oxygen atoms in total. The predicted molar refractivity (Wildman–Crippen MR) is 100.0 cm³/mol. The monoisotopic (exact) mass is 345 g/mol. The van der Waals surface area contributed by atoms with Gasteiger partial charge in [-0.1, -0.05) is 43.8 Å². The number of nitrogens with two attached hydrogens (primary N) is 2. The van der Waals surface area contributed by atoms with E-state index in [0.717, 1.165) is 17.7 Å². The fraction of sp³-hybridized carbons (Fsp3) is 0.353. The van der Waals surface area contributed by atoms with Crippen LogP contribution in [0.5, 0.6) is 0 Å². The van der Waals surface area contributed by atoms with Gasteiger partial charge in [-0.25, -0.2) is 9.97 Å². The molecule has 1 amide bonds. The quantitative estimate of drug-likeness (QED) is 0.548. The lowest BCUT2D eigenvalue weighted by atomic mass is 9.97. The third kappa shape index (κ3) is 4.61. The number of aromatic nitrogens is 2. The number of rotatable bonds is 6. The van der Waals surface area contributed by atoms with Crippen molar-refractivity contribution in [3.8, 4) is 0 Å². The fourth-order valence-electron chi connectivity index (χ4n) is 2.22. The summed E-state index contributed by atoms with van der Waals surface area (Å²) in [5.74, 6) is 0.848. The predicted octanol–water partition coefficient (Wildman–Crippen LogP) is 3.27. The lowest BCUT2D eigenvalue weighted by Crippen LogP contribution is -2.23. The lowest BCUT2D eigenvalue weighted by Gasteiger charge is -2.17. The summed E-state index contributed by atoms with van der Waals surface area (Å²) in [6.45, 7) is 6.07. The first-order valence-electron chi connectivity index (χ1n) is 7.87. The first-order chi connectivity index (χ1) is 11.4. The first kappa shape index (κ1) is 18.1. The Morgan fingerprint density at radius 3 is 2.46 bits per heavy atom. The molecule has 1 aromatic heterocycles. The maximum absolute atomic E-state index is 12.5. The van der Waals surface area contributed by atoms with Gasteiger partial charge >= 0.3 is 0 Å². The Hall–Kier alpha value is -2.28. The van der Waals surface area contributed by atoms with Crippen LogP contribution in [0.15, 0.2) is 35.5 Å². The molecule has 0 aliphatic carbocycles. The molecule has 0 saturated carbocycles. The summed E-state index contributed by atoms with van der Waals surface area (Å²) in [7, 11) is 0. The van der Waals surface area contributed by atoms with Crippen LogP contribution in [-0.4, -0.2) is 21.1 Å². The molecule has 2 aromatic rings. The van der Waals surface area contributed by atoms with Crippen LogP contribution in [0.1, 0.15) is 38.7 Å². The van der Waals surface area contributed by atoms with Crippen molar-refractivity contribution in [2.24, 2.45) is 0 Å². The number of hydrogen-bond acceptors (Lipinski definition) is 6. The maximum Gasteiger partial charge on any atom is 0.237 e. The van der Waals surface area contributed by atoms with E-state index in [2.05, 4.69) is 29.1 Å². The minimum atomic E-state index is -0.379. The molecule has 5 N–H and O–H groups in total. The topological polar surface area (TPSA) is 107 Å². The number of para-hydroxylation sites is 1. The summed E-state index contributed by atoms with van der Waals surface area (Å²) in [6.07, 6.45) is 1.01. The van der Waals surface area contributed by atoms with Crippen molar-refractivity contribution in [1.82, 2.24) is 9.97 Å². The zero-order chi connectivity index (χ0) is 17.7. The summed E-state index contributed by atoms with van der Waals surface area (Å²) < 4.78 is 0. The van der Waals surface area contributed by atoms with E-state index in [1.807, 2.05) is 24.3 Å².